The van der Waals surface area contributed by atoms with Gasteiger partial charge in [-0.15, -0.1) is 11.3 Å². The predicted octanol–water partition coefficient (Wildman–Crippen LogP) is 3.56. The first-order valence-electron chi connectivity index (χ1n) is 7.40. The summed E-state index contributed by atoms with van der Waals surface area (Å²) in [6.45, 7) is 5.84. The number of thiophene rings is 1. The molecule has 3 heterocycles. The van der Waals surface area contributed by atoms with Crippen molar-refractivity contribution in [3.05, 3.63) is 36.9 Å². The number of imidazole rings is 1. The van der Waals surface area contributed by atoms with E-state index in [2.05, 4.69) is 22.1 Å². The Morgan fingerprint density at radius 1 is 1.23 bits per heavy atom. The van der Waals surface area contributed by atoms with Gasteiger partial charge in [-0.3, -0.25) is 4.98 Å². The zero-order valence-electron chi connectivity index (χ0n) is 12.7. The number of hydrogen-bond donors (Lipinski definition) is 0. The third-order valence-electron chi connectivity index (χ3n) is 3.24. The fourth-order valence-corrected chi connectivity index (χ4v) is 3.26. The van der Waals surface area contributed by atoms with E-state index in [-0.39, 0.29) is 6.29 Å². The molecule has 0 amide bonds. The molecule has 0 aromatic carbocycles. The second kappa shape index (κ2) is 7.00. The molecule has 22 heavy (non-hydrogen) atoms. The van der Waals surface area contributed by atoms with Gasteiger partial charge in [-0.05, 0) is 32.0 Å². The van der Waals surface area contributed by atoms with Crippen molar-refractivity contribution < 1.29 is 9.47 Å². The molecule has 6 heteroatoms. The summed E-state index contributed by atoms with van der Waals surface area (Å²) in [4.78, 5) is 9.98. The van der Waals surface area contributed by atoms with Crippen molar-refractivity contribution in [1.82, 2.24) is 14.5 Å². The number of nitrogens with zero attached hydrogens (tertiary/aromatic N) is 3. The molecule has 0 saturated heterocycles. The quantitative estimate of drug-likeness (QED) is 0.625. The molecule has 0 N–H and O–H groups in total. The maximum absolute atomic E-state index is 5.57. The molecule has 0 unspecified atom stereocenters. The number of rotatable bonds is 7. The standard InChI is InChI=1S/C16H19N3O2S/c1-3-20-16(21-4-2)10-19-9-13(18-11-19)15-8-12-14(22-15)6-5-7-17-12/h5-9,11,16H,3-4,10H2,1-2H3. The van der Waals surface area contributed by atoms with Crippen molar-refractivity contribution in [3.63, 3.8) is 0 Å². The first kappa shape index (κ1) is 15.1. The molecule has 116 valence electrons. The van der Waals surface area contributed by atoms with Crippen LogP contribution < -0.4 is 0 Å². The van der Waals surface area contributed by atoms with Gasteiger partial charge in [-0.2, -0.15) is 0 Å². The van der Waals surface area contributed by atoms with Gasteiger partial charge in [-0.25, -0.2) is 4.98 Å². The molecular formula is C16H19N3O2S. The van der Waals surface area contributed by atoms with E-state index in [4.69, 9.17) is 9.47 Å². The summed E-state index contributed by atoms with van der Waals surface area (Å²) in [7, 11) is 0. The number of ether oxygens (including phenoxy) is 2. The van der Waals surface area contributed by atoms with Crippen LogP contribution in [0.2, 0.25) is 0 Å². The van der Waals surface area contributed by atoms with Crippen molar-refractivity contribution in [2.75, 3.05) is 13.2 Å². The second-order valence-corrected chi connectivity index (χ2v) is 5.88. The highest BCUT2D eigenvalue weighted by molar-refractivity contribution is 7.22. The molecule has 3 aromatic rings. The van der Waals surface area contributed by atoms with E-state index in [1.807, 2.05) is 43.2 Å². The lowest BCUT2D eigenvalue weighted by atomic mass is 10.3. The molecule has 0 spiro atoms. The molecule has 0 aliphatic rings. The molecular weight excluding hydrogens is 298 g/mol. The van der Waals surface area contributed by atoms with Gasteiger partial charge < -0.3 is 14.0 Å². The Hall–Kier alpha value is -1.76. The molecule has 3 aromatic heterocycles. The van der Waals surface area contributed by atoms with E-state index in [0.29, 0.717) is 19.8 Å². The lowest BCUT2D eigenvalue weighted by Gasteiger charge is -2.16. The van der Waals surface area contributed by atoms with Crippen molar-refractivity contribution in [1.29, 1.82) is 0 Å². The molecule has 3 rings (SSSR count). The van der Waals surface area contributed by atoms with Gasteiger partial charge in [0.25, 0.3) is 0 Å². The van der Waals surface area contributed by atoms with Crippen LogP contribution in [0.25, 0.3) is 20.8 Å². The Kier molecular flexibility index (Phi) is 4.82. The summed E-state index contributed by atoms with van der Waals surface area (Å²) in [5.74, 6) is 0. The van der Waals surface area contributed by atoms with E-state index < -0.39 is 0 Å². The maximum Gasteiger partial charge on any atom is 0.175 e. The lowest BCUT2D eigenvalue weighted by Crippen LogP contribution is -2.23. The number of fused-ring (bicyclic) bond motifs is 1. The minimum atomic E-state index is -0.235. The average molecular weight is 317 g/mol. The largest absolute Gasteiger partial charge is 0.351 e. The Labute approximate surface area is 133 Å². The third-order valence-corrected chi connectivity index (χ3v) is 4.35. The summed E-state index contributed by atoms with van der Waals surface area (Å²) in [6, 6.07) is 6.11. The molecule has 0 aliphatic heterocycles. The van der Waals surface area contributed by atoms with E-state index in [1.54, 1.807) is 11.3 Å². The van der Waals surface area contributed by atoms with Crippen LogP contribution in [0.15, 0.2) is 36.9 Å². The summed E-state index contributed by atoms with van der Waals surface area (Å²) in [5.41, 5.74) is 1.97. The highest BCUT2D eigenvalue weighted by Crippen LogP contribution is 2.31. The molecule has 0 bridgehead atoms. The Morgan fingerprint density at radius 2 is 2.05 bits per heavy atom. The average Bonchev–Trinajstić information content (AvgIpc) is 3.13. The van der Waals surface area contributed by atoms with Crippen molar-refractivity contribution in [3.8, 4) is 10.6 Å². The van der Waals surface area contributed by atoms with E-state index >= 15 is 0 Å². The van der Waals surface area contributed by atoms with Crippen LogP contribution in [-0.4, -0.2) is 34.0 Å². The monoisotopic (exact) mass is 317 g/mol. The Bertz CT molecular complexity index is 699. The SMILES string of the molecule is CCOC(Cn1cnc(-c2cc3ncccc3s2)c1)OCC. The van der Waals surface area contributed by atoms with E-state index in [9.17, 15) is 0 Å². The minimum absolute atomic E-state index is 0.235. The summed E-state index contributed by atoms with van der Waals surface area (Å²) in [6.07, 6.45) is 5.42. The second-order valence-electron chi connectivity index (χ2n) is 4.79. The third kappa shape index (κ3) is 3.35. The van der Waals surface area contributed by atoms with Crippen LogP contribution in [0.4, 0.5) is 0 Å². The van der Waals surface area contributed by atoms with Crippen LogP contribution in [0.3, 0.4) is 0 Å². The normalized spacial score (nSPS) is 11.6. The van der Waals surface area contributed by atoms with Gasteiger partial charge in [-0.1, -0.05) is 0 Å². The van der Waals surface area contributed by atoms with Gasteiger partial charge >= 0.3 is 0 Å². The Morgan fingerprint density at radius 3 is 2.77 bits per heavy atom. The maximum atomic E-state index is 5.57. The highest BCUT2D eigenvalue weighted by Gasteiger charge is 2.12. The van der Waals surface area contributed by atoms with Crippen molar-refractivity contribution in [2.45, 2.75) is 26.7 Å². The fourth-order valence-electron chi connectivity index (χ4n) is 2.28. The van der Waals surface area contributed by atoms with Gasteiger partial charge in [0.05, 0.1) is 33.7 Å². The number of aromatic nitrogens is 3. The number of hydrogen-bond acceptors (Lipinski definition) is 5. The first-order chi connectivity index (χ1) is 10.8. The predicted molar refractivity (Wildman–Crippen MR) is 87.9 cm³/mol. The summed E-state index contributed by atoms with van der Waals surface area (Å²) >= 11 is 1.70. The number of pyridine rings is 1. The van der Waals surface area contributed by atoms with Crippen LogP contribution in [-0.2, 0) is 16.0 Å². The molecule has 5 nitrogen and oxygen atoms in total. The van der Waals surface area contributed by atoms with Gasteiger partial charge in [0.15, 0.2) is 6.29 Å². The van der Waals surface area contributed by atoms with Crippen LogP contribution in [0.1, 0.15) is 13.8 Å². The summed E-state index contributed by atoms with van der Waals surface area (Å²) < 4.78 is 14.3. The fraction of sp³-hybridized carbons (Fsp3) is 0.375. The molecule has 0 atom stereocenters. The van der Waals surface area contributed by atoms with Crippen LogP contribution in [0.5, 0.6) is 0 Å². The topological polar surface area (TPSA) is 49.2 Å². The highest BCUT2D eigenvalue weighted by atomic mass is 32.1. The van der Waals surface area contributed by atoms with Crippen LogP contribution in [0, 0.1) is 0 Å². The smallest absolute Gasteiger partial charge is 0.175 e. The molecule has 0 radical (unpaired) electrons. The Balaban J connectivity index is 1.77. The first-order valence-corrected chi connectivity index (χ1v) is 8.21. The molecule has 0 saturated carbocycles. The van der Waals surface area contributed by atoms with Gasteiger partial charge in [0.2, 0.25) is 0 Å². The zero-order chi connectivity index (χ0) is 15.4. The van der Waals surface area contributed by atoms with Crippen LogP contribution >= 0.6 is 11.3 Å². The zero-order valence-corrected chi connectivity index (χ0v) is 13.5. The molecule has 0 fully saturated rings. The molecule has 0 aliphatic carbocycles. The van der Waals surface area contributed by atoms with Gasteiger partial charge in [0, 0.05) is 25.6 Å². The minimum Gasteiger partial charge on any atom is -0.351 e. The van der Waals surface area contributed by atoms with E-state index in [0.717, 1.165) is 16.1 Å². The van der Waals surface area contributed by atoms with Gasteiger partial charge in [0.1, 0.15) is 0 Å². The van der Waals surface area contributed by atoms with Crippen molar-refractivity contribution in [2.24, 2.45) is 0 Å². The van der Waals surface area contributed by atoms with E-state index in [1.165, 1.54) is 4.70 Å². The summed E-state index contributed by atoms with van der Waals surface area (Å²) in [5, 5.41) is 0. The van der Waals surface area contributed by atoms with Crippen molar-refractivity contribution >= 4 is 21.6 Å². The lowest BCUT2D eigenvalue weighted by molar-refractivity contribution is -0.143.